The Morgan fingerprint density at radius 1 is 1.55 bits per heavy atom. The minimum absolute atomic E-state index is 0.528. The largest absolute Gasteiger partial charge is 0.463 e. The number of halogens is 1. The maximum atomic E-state index is 5.63. The standard InChI is InChI=1S/C7H5IN2O/c8-4-3-11-5-1-2-10-7(9)6(4)5/h1-3H,(H2,9,10). The number of anilines is 1. The monoisotopic (exact) mass is 260 g/mol. The zero-order valence-electron chi connectivity index (χ0n) is 5.54. The summed E-state index contributed by atoms with van der Waals surface area (Å²) in [5, 5.41) is 0.910. The molecule has 2 heterocycles. The molecule has 0 aliphatic heterocycles. The van der Waals surface area contributed by atoms with E-state index in [1.54, 1.807) is 18.5 Å². The van der Waals surface area contributed by atoms with E-state index in [0.29, 0.717) is 5.82 Å². The Labute approximate surface area is 76.7 Å². The number of rotatable bonds is 0. The average Bonchev–Trinajstić information content (AvgIpc) is 2.34. The van der Waals surface area contributed by atoms with Crippen molar-refractivity contribution in [1.29, 1.82) is 0 Å². The van der Waals surface area contributed by atoms with Gasteiger partial charge in [-0.2, -0.15) is 0 Å². The summed E-state index contributed by atoms with van der Waals surface area (Å²) < 4.78 is 6.20. The Bertz CT molecular complexity index is 396. The van der Waals surface area contributed by atoms with Crippen LogP contribution in [0.15, 0.2) is 22.9 Å². The normalized spacial score (nSPS) is 10.6. The second kappa shape index (κ2) is 2.37. The molecule has 0 bridgehead atoms. The Morgan fingerprint density at radius 2 is 2.36 bits per heavy atom. The van der Waals surface area contributed by atoms with Gasteiger partial charge in [-0.05, 0) is 28.7 Å². The third-order valence-electron chi connectivity index (χ3n) is 1.47. The maximum absolute atomic E-state index is 5.63. The second-order valence-electron chi connectivity index (χ2n) is 2.15. The van der Waals surface area contributed by atoms with Crippen molar-refractivity contribution < 1.29 is 4.42 Å². The van der Waals surface area contributed by atoms with Crippen LogP contribution in [0.4, 0.5) is 5.82 Å². The number of hydrogen-bond acceptors (Lipinski definition) is 3. The van der Waals surface area contributed by atoms with Gasteiger partial charge >= 0.3 is 0 Å². The molecule has 2 rings (SSSR count). The first-order valence-corrected chi connectivity index (χ1v) is 4.14. The van der Waals surface area contributed by atoms with Gasteiger partial charge in [-0.3, -0.25) is 0 Å². The lowest BCUT2D eigenvalue weighted by molar-refractivity contribution is 0.613. The molecule has 0 saturated heterocycles. The lowest BCUT2D eigenvalue weighted by Crippen LogP contribution is -1.89. The van der Waals surface area contributed by atoms with Crippen molar-refractivity contribution in [3.05, 3.63) is 22.1 Å². The van der Waals surface area contributed by atoms with Gasteiger partial charge in [0.1, 0.15) is 17.7 Å². The zero-order chi connectivity index (χ0) is 7.84. The summed E-state index contributed by atoms with van der Waals surface area (Å²) in [6.45, 7) is 0. The third kappa shape index (κ3) is 0.973. The highest BCUT2D eigenvalue weighted by molar-refractivity contribution is 14.1. The summed E-state index contributed by atoms with van der Waals surface area (Å²) in [4.78, 5) is 3.95. The predicted molar refractivity (Wildman–Crippen MR) is 51.1 cm³/mol. The first kappa shape index (κ1) is 6.90. The molecule has 0 saturated carbocycles. The zero-order valence-corrected chi connectivity index (χ0v) is 7.70. The van der Waals surface area contributed by atoms with E-state index in [0.717, 1.165) is 14.5 Å². The number of fused-ring (bicyclic) bond motifs is 1. The number of nitrogens with two attached hydrogens (primary N) is 1. The number of furan rings is 1. The predicted octanol–water partition coefficient (Wildman–Crippen LogP) is 2.01. The van der Waals surface area contributed by atoms with Gasteiger partial charge in [-0.15, -0.1) is 0 Å². The number of pyridine rings is 1. The van der Waals surface area contributed by atoms with Gasteiger partial charge in [-0.1, -0.05) is 0 Å². The molecule has 0 radical (unpaired) electrons. The summed E-state index contributed by atoms with van der Waals surface area (Å²) in [6.07, 6.45) is 3.31. The fourth-order valence-corrected chi connectivity index (χ4v) is 1.64. The van der Waals surface area contributed by atoms with Gasteiger partial charge in [-0.25, -0.2) is 4.98 Å². The molecule has 2 aromatic rings. The molecule has 0 fully saturated rings. The average molecular weight is 260 g/mol. The highest BCUT2D eigenvalue weighted by atomic mass is 127. The van der Waals surface area contributed by atoms with E-state index in [1.807, 2.05) is 0 Å². The van der Waals surface area contributed by atoms with E-state index >= 15 is 0 Å². The lowest BCUT2D eigenvalue weighted by atomic mass is 10.3. The van der Waals surface area contributed by atoms with E-state index < -0.39 is 0 Å². The SMILES string of the molecule is Nc1nccc2occ(I)c12. The fraction of sp³-hybridized carbons (Fsp3) is 0. The molecule has 4 heteroatoms. The topological polar surface area (TPSA) is 52.0 Å². The van der Waals surface area contributed by atoms with Gasteiger partial charge in [0.25, 0.3) is 0 Å². The minimum atomic E-state index is 0.528. The maximum Gasteiger partial charge on any atom is 0.140 e. The second-order valence-corrected chi connectivity index (χ2v) is 3.32. The minimum Gasteiger partial charge on any atom is -0.463 e. The van der Waals surface area contributed by atoms with Crippen LogP contribution < -0.4 is 5.73 Å². The van der Waals surface area contributed by atoms with Crippen molar-refractivity contribution in [1.82, 2.24) is 4.98 Å². The quantitative estimate of drug-likeness (QED) is 0.737. The Morgan fingerprint density at radius 3 is 3.09 bits per heavy atom. The molecule has 2 aromatic heterocycles. The molecule has 0 aliphatic carbocycles. The van der Waals surface area contributed by atoms with Gasteiger partial charge in [0, 0.05) is 6.20 Å². The summed E-state index contributed by atoms with van der Waals surface area (Å²) in [7, 11) is 0. The molecule has 0 unspecified atom stereocenters. The van der Waals surface area contributed by atoms with Gasteiger partial charge in [0.05, 0.1) is 8.96 Å². The molecule has 0 amide bonds. The van der Waals surface area contributed by atoms with Crippen LogP contribution >= 0.6 is 22.6 Å². The number of hydrogen-bond donors (Lipinski definition) is 1. The van der Waals surface area contributed by atoms with E-state index in [1.165, 1.54) is 0 Å². The number of nitrogen functional groups attached to an aromatic ring is 1. The molecule has 56 valence electrons. The van der Waals surface area contributed by atoms with Gasteiger partial charge < -0.3 is 10.2 Å². The molecule has 0 aliphatic rings. The molecule has 0 atom stereocenters. The molecule has 0 spiro atoms. The van der Waals surface area contributed by atoms with Crippen LogP contribution in [-0.2, 0) is 0 Å². The van der Waals surface area contributed by atoms with Crippen molar-refractivity contribution in [2.45, 2.75) is 0 Å². The van der Waals surface area contributed by atoms with Crippen LogP contribution in [-0.4, -0.2) is 4.98 Å². The summed E-state index contributed by atoms with van der Waals surface area (Å²) >= 11 is 2.17. The van der Waals surface area contributed by atoms with Crippen molar-refractivity contribution in [2.24, 2.45) is 0 Å². The lowest BCUT2D eigenvalue weighted by Gasteiger charge is -1.91. The first-order valence-electron chi connectivity index (χ1n) is 3.06. The summed E-state index contributed by atoms with van der Waals surface area (Å²) in [6, 6.07) is 1.80. The first-order chi connectivity index (χ1) is 5.29. The van der Waals surface area contributed by atoms with Crippen LogP contribution in [0.25, 0.3) is 11.0 Å². The summed E-state index contributed by atoms with van der Waals surface area (Å²) in [5.41, 5.74) is 6.42. The molecule has 0 aromatic carbocycles. The van der Waals surface area contributed by atoms with Gasteiger partial charge in [0.2, 0.25) is 0 Å². The van der Waals surface area contributed by atoms with Gasteiger partial charge in [0.15, 0.2) is 0 Å². The Balaban J connectivity index is 2.96. The third-order valence-corrected chi connectivity index (χ3v) is 2.26. The van der Waals surface area contributed by atoms with Crippen LogP contribution in [0.1, 0.15) is 0 Å². The summed E-state index contributed by atoms with van der Waals surface area (Å²) in [5.74, 6) is 0.528. The van der Waals surface area contributed by atoms with Crippen molar-refractivity contribution in [3.63, 3.8) is 0 Å². The van der Waals surface area contributed by atoms with Crippen molar-refractivity contribution in [2.75, 3.05) is 5.73 Å². The van der Waals surface area contributed by atoms with Crippen LogP contribution in [0.3, 0.4) is 0 Å². The Kier molecular flexibility index (Phi) is 1.49. The van der Waals surface area contributed by atoms with Crippen molar-refractivity contribution in [3.8, 4) is 0 Å². The van der Waals surface area contributed by atoms with E-state index in [2.05, 4.69) is 27.6 Å². The van der Waals surface area contributed by atoms with E-state index in [4.69, 9.17) is 10.2 Å². The molecule has 3 nitrogen and oxygen atoms in total. The van der Waals surface area contributed by atoms with E-state index in [-0.39, 0.29) is 0 Å². The van der Waals surface area contributed by atoms with Crippen LogP contribution in [0.2, 0.25) is 0 Å². The molecule has 2 N–H and O–H groups in total. The molecule has 11 heavy (non-hydrogen) atoms. The number of nitrogens with zero attached hydrogens (tertiary/aromatic N) is 1. The van der Waals surface area contributed by atoms with Crippen LogP contribution in [0.5, 0.6) is 0 Å². The highest BCUT2D eigenvalue weighted by Gasteiger charge is 2.05. The van der Waals surface area contributed by atoms with Crippen molar-refractivity contribution >= 4 is 39.4 Å². The molecular weight excluding hydrogens is 255 g/mol. The fourth-order valence-electron chi connectivity index (χ4n) is 0.972. The smallest absolute Gasteiger partial charge is 0.140 e. The van der Waals surface area contributed by atoms with Crippen LogP contribution in [0, 0.1) is 3.57 Å². The van der Waals surface area contributed by atoms with E-state index in [9.17, 15) is 0 Å². The Hall–Kier alpha value is -0.780. The molecular formula is C7H5IN2O. The highest BCUT2D eigenvalue weighted by Crippen LogP contribution is 2.25. The number of aromatic nitrogens is 1.